The van der Waals surface area contributed by atoms with Crippen molar-refractivity contribution in [2.24, 2.45) is 5.92 Å². The van der Waals surface area contributed by atoms with Crippen LogP contribution < -0.4 is 10.1 Å². The fourth-order valence-corrected chi connectivity index (χ4v) is 1.37. The van der Waals surface area contributed by atoms with Crippen LogP contribution in [0.3, 0.4) is 0 Å². The van der Waals surface area contributed by atoms with Crippen molar-refractivity contribution in [1.29, 1.82) is 0 Å². The molecule has 0 amide bonds. The number of hydrogen-bond acceptors (Lipinski definition) is 2. The summed E-state index contributed by atoms with van der Waals surface area (Å²) in [4.78, 5) is 0. The van der Waals surface area contributed by atoms with Gasteiger partial charge in [-0.25, -0.2) is 4.39 Å². The van der Waals surface area contributed by atoms with Crippen molar-refractivity contribution in [3.63, 3.8) is 0 Å². The van der Waals surface area contributed by atoms with Crippen molar-refractivity contribution in [1.82, 2.24) is 5.32 Å². The van der Waals surface area contributed by atoms with Crippen LogP contribution >= 0.6 is 0 Å². The molecule has 0 aromatic heterocycles. The maximum absolute atomic E-state index is 13.7. The van der Waals surface area contributed by atoms with Crippen LogP contribution in [0, 0.1) is 11.7 Å². The van der Waals surface area contributed by atoms with Gasteiger partial charge in [0.05, 0.1) is 6.61 Å². The molecular formula is C13H20FNO. The molecule has 1 N–H and O–H groups in total. The molecule has 0 aliphatic rings. The highest BCUT2D eigenvalue weighted by atomic mass is 19.1. The van der Waals surface area contributed by atoms with Crippen LogP contribution in [-0.4, -0.2) is 13.7 Å². The first-order chi connectivity index (χ1) is 7.54. The van der Waals surface area contributed by atoms with Gasteiger partial charge >= 0.3 is 0 Å². The lowest BCUT2D eigenvalue weighted by molar-refractivity contribution is 0.269. The third-order valence-electron chi connectivity index (χ3n) is 2.45. The van der Waals surface area contributed by atoms with E-state index in [9.17, 15) is 4.39 Å². The maximum atomic E-state index is 13.7. The van der Waals surface area contributed by atoms with E-state index in [4.69, 9.17) is 4.74 Å². The van der Waals surface area contributed by atoms with E-state index >= 15 is 0 Å². The Labute approximate surface area is 96.8 Å². The summed E-state index contributed by atoms with van der Waals surface area (Å²) in [5, 5.41) is 3.01. The third kappa shape index (κ3) is 3.49. The van der Waals surface area contributed by atoms with Gasteiger partial charge < -0.3 is 10.1 Å². The first kappa shape index (κ1) is 13.0. The Kier molecular flexibility index (Phi) is 4.74. The topological polar surface area (TPSA) is 21.3 Å². The zero-order chi connectivity index (χ0) is 12.1. The van der Waals surface area contributed by atoms with Gasteiger partial charge in [0.25, 0.3) is 0 Å². The lowest BCUT2D eigenvalue weighted by Crippen LogP contribution is -2.14. The smallest absolute Gasteiger partial charge is 0.131 e. The van der Waals surface area contributed by atoms with Crippen LogP contribution in [0.4, 0.5) is 4.39 Å². The zero-order valence-electron chi connectivity index (χ0n) is 10.4. The highest BCUT2D eigenvalue weighted by Crippen LogP contribution is 2.21. The fraction of sp³-hybridized carbons (Fsp3) is 0.538. The molecule has 1 unspecified atom stereocenters. The van der Waals surface area contributed by atoms with Gasteiger partial charge in [-0.1, -0.05) is 19.9 Å². The fourth-order valence-electron chi connectivity index (χ4n) is 1.37. The minimum Gasteiger partial charge on any atom is -0.493 e. The highest BCUT2D eigenvalue weighted by molar-refractivity contribution is 5.30. The Morgan fingerprint density at radius 1 is 1.31 bits per heavy atom. The van der Waals surface area contributed by atoms with Crippen LogP contribution in [0.2, 0.25) is 0 Å². The van der Waals surface area contributed by atoms with Crippen LogP contribution in [-0.2, 0) is 0 Å². The number of benzene rings is 1. The summed E-state index contributed by atoms with van der Waals surface area (Å²) < 4.78 is 19.1. The summed E-state index contributed by atoms with van der Waals surface area (Å²) >= 11 is 0. The Hall–Kier alpha value is -1.09. The van der Waals surface area contributed by atoms with Crippen molar-refractivity contribution >= 4 is 0 Å². The Morgan fingerprint density at radius 3 is 2.50 bits per heavy atom. The molecule has 0 aliphatic carbocycles. The Bertz CT molecular complexity index is 339. The number of hydrogen-bond donors (Lipinski definition) is 1. The number of nitrogens with one attached hydrogen (secondary N) is 1. The van der Waals surface area contributed by atoms with Crippen LogP contribution in [0.1, 0.15) is 32.4 Å². The molecule has 1 aromatic carbocycles. The largest absolute Gasteiger partial charge is 0.493 e. The lowest BCUT2D eigenvalue weighted by atomic mass is 10.1. The molecule has 16 heavy (non-hydrogen) atoms. The van der Waals surface area contributed by atoms with Crippen molar-refractivity contribution in [3.8, 4) is 5.75 Å². The van der Waals surface area contributed by atoms with Crippen molar-refractivity contribution < 1.29 is 9.13 Å². The maximum Gasteiger partial charge on any atom is 0.131 e. The van der Waals surface area contributed by atoms with Crippen LogP contribution in [0.25, 0.3) is 0 Å². The predicted octanol–water partition coefficient (Wildman–Crippen LogP) is 3.14. The van der Waals surface area contributed by atoms with E-state index in [1.54, 1.807) is 6.07 Å². The molecule has 3 heteroatoms. The van der Waals surface area contributed by atoms with Gasteiger partial charge in [0.2, 0.25) is 0 Å². The molecule has 0 aliphatic heterocycles. The van der Waals surface area contributed by atoms with E-state index in [0.717, 1.165) is 0 Å². The Balaban J connectivity index is 2.74. The second-order valence-corrected chi connectivity index (χ2v) is 4.40. The standard InChI is InChI=1S/C13H20FNO/c1-9(2)8-16-11-5-6-12(10(3)15-4)13(14)7-11/h5-7,9-10,15H,8H2,1-4H3. The van der Waals surface area contributed by atoms with E-state index in [1.807, 2.05) is 20.0 Å². The first-order valence-corrected chi connectivity index (χ1v) is 5.64. The molecule has 0 saturated heterocycles. The van der Waals surface area contributed by atoms with Gasteiger partial charge in [0.1, 0.15) is 11.6 Å². The minimum absolute atomic E-state index is 0.0131. The Morgan fingerprint density at radius 2 is 2.00 bits per heavy atom. The molecule has 0 fully saturated rings. The molecule has 0 heterocycles. The van der Waals surface area contributed by atoms with Crippen LogP contribution in [0.5, 0.6) is 5.75 Å². The zero-order valence-corrected chi connectivity index (χ0v) is 10.4. The summed E-state index contributed by atoms with van der Waals surface area (Å²) in [6.07, 6.45) is 0. The van der Waals surface area contributed by atoms with Gasteiger partial charge in [-0.15, -0.1) is 0 Å². The summed E-state index contributed by atoms with van der Waals surface area (Å²) in [7, 11) is 1.81. The highest BCUT2D eigenvalue weighted by Gasteiger charge is 2.10. The van der Waals surface area contributed by atoms with E-state index < -0.39 is 0 Å². The molecule has 0 saturated carbocycles. The summed E-state index contributed by atoms with van der Waals surface area (Å²) in [5.41, 5.74) is 0.666. The van der Waals surface area contributed by atoms with Gasteiger partial charge in [0, 0.05) is 17.7 Å². The van der Waals surface area contributed by atoms with E-state index in [1.165, 1.54) is 6.07 Å². The van der Waals surface area contributed by atoms with Crippen molar-refractivity contribution in [3.05, 3.63) is 29.6 Å². The minimum atomic E-state index is -0.219. The molecule has 1 rings (SSSR count). The number of rotatable bonds is 5. The van der Waals surface area contributed by atoms with Gasteiger partial charge in [-0.05, 0) is 26.0 Å². The van der Waals surface area contributed by atoms with Crippen molar-refractivity contribution in [2.45, 2.75) is 26.8 Å². The summed E-state index contributed by atoms with van der Waals surface area (Å²) in [6.45, 7) is 6.66. The van der Waals surface area contributed by atoms with Gasteiger partial charge in [0.15, 0.2) is 0 Å². The molecule has 0 radical (unpaired) electrons. The molecule has 90 valence electrons. The quantitative estimate of drug-likeness (QED) is 0.831. The third-order valence-corrected chi connectivity index (χ3v) is 2.45. The molecule has 1 atom stereocenters. The van der Waals surface area contributed by atoms with Crippen molar-refractivity contribution in [2.75, 3.05) is 13.7 Å². The number of halogens is 1. The van der Waals surface area contributed by atoms with Gasteiger partial charge in [-0.2, -0.15) is 0 Å². The second kappa shape index (κ2) is 5.85. The SMILES string of the molecule is CNC(C)c1ccc(OCC(C)C)cc1F. The average Bonchev–Trinajstić information content (AvgIpc) is 2.25. The summed E-state index contributed by atoms with van der Waals surface area (Å²) in [5.74, 6) is 0.820. The summed E-state index contributed by atoms with van der Waals surface area (Å²) in [6, 6.07) is 5.05. The van der Waals surface area contributed by atoms with Gasteiger partial charge in [-0.3, -0.25) is 0 Å². The van der Waals surface area contributed by atoms with E-state index in [0.29, 0.717) is 23.8 Å². The van der Waals surface area contributed by atoms with Crippen LogP contribution in [0.15, 0.2) is 18.2 Å². The predicted molar refractivity (Wildman–Crippen MR) is 64.2 cm³/mol. The van der Waals surface area contributed by atoms with E-state index in [-0.39, 0.29) is 11.9 Å². The molecule has 2 nitrogen and oxygen atoms in total. The molecule has 0 bridgehead atoms. The second-order valence-electron chi connectivity index (χ2n) is 4.40. The average molecular weight is 225 g/mol. The molecular weight excluding hydrogens is 205 g/mol. The lowest BCUT2D eigenvalue weighted by Gasteiger charge is -2.14. The normalized spacial score (nSPS) is 12.9. The first-order valence-electron chi connectivity index (χ1n) is 5.64. The monoisotopic (exact) mass is 225 g/mol. The molecule has 0 spiro atoms. The van der Waals surface area contributed by atoms with E-state index in [2.05, 4.69) is 19.2 Å². The number of ether oxygens (including phenoxy) is 1. The molecule has 1 aromatic rings.